The van der Waals surface area contributed by atoms with Crippen molar-refractivity contribution in [2.75, 3.05) is 5.75 Å². The molecule has 1 amide bonds. The lowest BCUT2D eigenvalue weighted by Crippen LogP contribution is -2.28. The van der Waals surface area contributed by atoms with E-state index in [0.717, 1.165) is 22.2 Å². The van der Waals surface area contributed by atoms with Crippen molar-refractivity contribution >= 4 is 17.7 Å². The van der Waals surface area contributed by atoms with Crippen LogP contribution < -0.4 is 5.32 Å². The second-order valence-electron chi connectivity index (χ2n) is 7.24. The van der Waals surface area contributed by atoms with Crippen LogP contribution in [0.2, 0.25) is 0 Å². The number of amides is 1. The first-order valence-corrected chi connectivity index (χ1v) is 11.0. The first kappa shape index (κ1) is 20.9. The fourth-order valence-corrected chi connectivity index (χ4v) is 4.05. The Bertz CT molecular complexity index is 1120. The molecule has 0 aliphatic rings. The van der Waals surface area contributed by atoms with E-state index in [0.29, 0.717) is 6.54 Å². The zero-order valence-electron chi connectivity index (χ0n) is 17.5. The molecule has 0 unspecified atom stereocenters. The predicted molar refractivity (Wildman–Crippen MR) is 121 cm³/mol. The summed E-state index contributed by atoms with van der Waals surface area (Å²) in [5, 5.41) is 12.2. The normalized spacial score (nSPS) is 11.9. The van der Waals surface area contributed by atoms with Crippen molar-refractivity contribution in [2.45, 2.75) is 31.6 Å². The Morgan fingerprint density at radius 3 is 2.58 bits per heavy atom. The molecule has 4 aromatic rings. The zero-order chi connectivity index (χ0) is 21.6. The van der Waals surface area contributed by atoms with E-state index >= 15 is 0 Å². The zero-order valence-corrected chi connectivity index (χ0v) is 18.3. The van der Waals surface area contributed by atoms with Gasteiger partial charge in [0, 0.05) is 18.1 Å². The number of benzene rings is 2. The topological polar surface area (TPSA) is 77.6 Å². The van der Waals surface area contributed by atoms with Crippen molar-refractivity contribution in [1.82, 2.24) is 29.6 Å². The van der Waals surface area contributed by atoms with Crippen LogP contribution in [0.3, 0.4) is 0 Å². The number of hydrogen-bond donors (Lipinski definition) is 1. The van der Waals surface area contributed by atoms with Crippen molar-refractivity contribution in [3.05, 3.63) is 90.3 Å². The van der Waals surface area contributed by atoms with Crippen molar-refractivity contribution < 1.29 is 4.79 Å². The third-order valence-electron chi connectivity index (χ3n) is 4.99. The van der Waals surface area contributed by atoms with Crippen molar-refractivity contribution in [3.8, 4) is 5.69 Å². The van der Waals surface area contributed by atoms with E-state index in [1.165, 1.54) is 17.3 Å². The summed E-state index contributed by atoms with van der Waals surface area (Å²) in [6.45, 7) is 4.59. The quantitative estimate of drug-likeness (QED) is 0.429. The maximum absolute atomic E-state index is 12.5. The van der Waals surface area contributed by atoms with Crippen LogP contribution in [-0.2, 0) is 11.3 Å². The van der Waals surface area contributed by atoms with Crippen LogP contribution in [0, 0.1) is 6.92 Å². The molecule has 0 spiro atoms. The molecule has 1 atom stereocenters. The number of imidazole rings is 1. The Morgan fingerprint density at radius 2 is 1.87 bits per heavy atom. The Morgan fingerprint density at radius 1 is 1.10 bits per heavy atom. The minimum atomic E-state index is -0.0890. The molecule has 0 aliphatic heterocycles. The van der Waals surface area contributed by atoms with Crippen LogP contribution in [0.4, 0.5) is 0 Å². The maximum Gasteiger partial charge on any atom is 0.230 e. The monoisotopic (exact) mass is 432 g/mol. The molecule has 1 N–H and O–H groups in total. The van der Waals surface area contributed by atoms with E-state index in [-0.39, 0.29) is 17.7 Å². The highest BCUT2D eigenvalue weighted by Gasteiger charge is 2.14. The molecule has 4 rings (SSSR count). The molecule has 0 aliphatic carbocycles. The van der Waals surface area contributed by atoms with Gasteiger partial charge in [0.25, 0.3) is 0 Å². The number of aromatic nitrogens is 5. The van der Waals surface area contributed by atoms with Gasteiger partial charge in [0.2, 0.25) is 5.91 Å². The van der Waals surface area contributed by atoms with Crippen LogP contribution >= 0.6 is 11.8 Å². The number of nitrogens with one attached hydrogen (secondary N) is 1. The molecule has 2 heterocycles. The van der Waals surface area contributed by atoms with Gasteiger partial charge in [-0.15, -0.1) is 10.2 Å². The average molecular weight is 433 g/mol. The Kier molecular flexibility index (Phi) is 6.47. The number of nitrogens with zero attached hydrogens (tertiary/aromatic N) is 5. The number of rotatable bonds is 8. The van der Waals surface area contributed by atoms with E-state index in [9.17, 15) is 4.79 Å². The minimum absolute atomic E-state index is 0.0388. The highest BCUT2D eigenvalue weighted by atomic mass is 32.2. The third-order valence-corrected chi connectivity index (χ3v) is 5.96. The summed E-state index contributed by atoms with van der Waals surface area (Å²) >= 11 is 1.40. The lowest BCUT2D eigenvalue weighted by atomic mass is 10.1. The van der Waals surface area contributed by atoms with Gasteiger partial charge in [0.05, 0.1) is 24.7 Å². The number of carbonyl (C=O) groups is 1. The Balaban J connectivity index is 1.33. The van der Waals surface area contributed by atoms with Crippen LogP contribution in [0.25, 0.3) is 5.69 Å². The van der Waals surface area contributed by atoms with Gasteiger partial charge in [-0.3, -0.25) is 4.79 Å². The van der Waals surface area contributed by atoms with E-state index in [4.69, 9.17) is 0 Å². The molecule has 0 saturated carbocycles. The fourth-order valence-electron chi connectivity index (χ4n) is 3.26. The summed E-state index contributed by atoms with van der Waals surface area (Å²) in [4.78, 5) is 16.6. The molecule has 0 saturated heterocycles. The lowest BCUT2D eigenvalue weighted by molar-refractivity contribution is -0.119. The summed E-state index contributed by atoms with van der Waals surface area (Å²) in [5.74, 6) is 1.07. The smallest absolute Gasteiger partial charge is 0.230 e. The third kappa shape index (κ3) is 5.21. The maximum atomic E-state index is 12.5. The van der Waals surface area contributed by atoms with Gasteiger partial charge in [-0.1, -0.05) is 54.2 Å². The predicted octanol–water partition coefficient (Wildman–Crippen LogP) is 3.79. The van der Waals surface area contributed by atoms with Crippen LogP contribution in [-0.4, -0.2) is 36.0 Å². The van der Waals surface area contributed by atoms with Crippen LogP contribution in [0.5, 0.6) is 0 Å². The van der Waals surface area contributed by atoms with Gasteiger partial charge in [-0.05, 0) is 37.1 Å². The molecule has 2 aromatic heterocycles. The molecule has 0 bridgehead atoms. The number of hydrogen-bond acceptors (Lipinski definition) is 5. The largest absolute Gasteiger partial charge is 0.349 e. The highest BCUT2D eigenvalue weighted by molar-refractivity contribution is 7.99. The second-order valence-corrected chi connectivity index (χ2v) is 8.18. The minimum Gasteiger partial charge on any atom is -0.349 e. The molecule has 31 heavy (non-hydrogen) atoms. The van der Waals surface area contributed by atoms with E-state index in [1.807, 2.05) is 71.6 Å². The Hall–Kier alpha value is -3.39. The molecule has 158 valence electrons. The summed E-state index contributed by atoms with van der Waals surface area (Å²) < 4.78 is 3.97. The van der Waals surface area contributed by atoms with E-state index in [2.05, 4.69) is 32.6 Å². The number of carbonyl (C=O) groups excluding carboxylic acids is 1. The van der Waals surface area contributed by atoms with Gasteiger partial charge in [0.15, 0.2) is 5.16 Å². The summed E-state index contributed by atoms with van der Waals surface area (Å²) in [6, 6.07) is 18.1. The fraction of sp³-hybridized carbons (Fsp3) is 0.217. The van der Waals surface area contributed by atoms with E-state index < -0.39 is 0 Å². The molecule has 7 nitrogen and oxygen atoms in total. The summed E-state index contributed by atoms with van der Waals surface area (Å²) in [5.41, 5.74) is 3.25. The summed E-state index contributed by atoms with van der Waals surface area (Å²) in [6.07, 6.45) is 5.40. The number of aryl methyl sites for hydroxylation is 1. The average Bonchev–Trinajstić information content (AvgIpc) is 3.44. The number of thioether (sulfide) groups is 1. The van der Waals surface area contributed by atoms with Gasteiger partial charge < -0.3 is 14.5 Å². The molecule has 8 heteroatoms. The second kappa shape index (κ2) is 9.61. The molecule has 0 radical (unpaired) electrons. The highest BCUT2D eigenvalue weighted by Crippen LogP contribution is 2.20. The van der Waals surface area contributed by atoms with E-state index in [1.54, 1.807) is 12.5 Å². The Labute approximate surface area is 185 Å². The van der Waals surface area contributed by atoms with Crippen LogP contribution in [0.15, 0.2) is 78.5 Å². The molecule has 0 fully saturated rings. The van der Waals surface area contributed by atoms with Gasteiger partial charge in [-0.2, -0.15) is 0 Å². The van der Waals surface area contributed by atoms with Crippen LogP contribution in [0.1, 0.15) is 29.9 Å². The van der Waals surface area contributed by atoms with Crippen molar-refractivity contribution in [1.29, 1.82) is 0 Å². The summed E-state index contributed by atoms with van der Waals surface area (Å²) in [7, 11) is 0. The molecular weight excluding hydrogens is 408 g/mol. The van der Waals surface area contributed by atoms with Gasteiger partial charge >= 0.3 is 0 Å². The molecular formula is C23H24N6OS. The van der Waals surface area contributed by atoms with Gasteiger partial charge in [-0.25, -0.2) is 4.98 Å². The standard InChI is InChI=1S/C23H24N6OS/c1-17(20-8-10-21(11-9-20)28-13-12-24-16-28)25-22(30)15-31-23-27-26-18(2)29(23)14-19-6-4-3-5-7-19/h3-13,16-17H,14-15H2,1-2H3,(H,25,30)/t17-/m1/s1. The SMILES string of the molecule is Cc1nnc(SCC(=O)N[C@H](C)c2ccc(-n3ccnc3)cc2)n1Cc1ccccc1. The molecule has 2 aromatic carbocycles. The first-order chi connectivity index (χ1) is 15.1. The first-order valence-electron chi connectivity index (χ1n) is 10.0. The van der Waals surface area contributed by atoms with Gasteiger partial charge in [0.1, 0.15) is 5.82 Å². The van der Waals surface area contributed by atoms with Crippen molar-refractivity contribution in [2.24, 2.45) is 0 Å². The van der Waals surface area contributed by atoms with Crippen molar-refractivity contribution in [3.63, 3.8) is 0 Å². The lowest BCUT2D eigenvalue weighted by Gasteiger charge is -2.15.